The number of anilines is 5. The zero-order valence-electron chi connectivity index (χ0n) is 23.3. The first kappa shape index (κ1) is 32.1. The summed E-state index contributed by atoms with van der Waals surface area (Å²) in [6, 6.07) is 11.7. The molecule has 0 saturated carbocycles. The largest absolute Gasteiger partial charge is 0.352 e. The molecule has 0 spiro atoms. The summed E-state index contributed by atoms with van der Waals surface area (Å²) in [4.78, 5) is 42.2. The molecule has 1 heterocycles. The van der Waals surface area contributed by atoms with Crippen LogP contribution in [0.3, 0.4) is 0 Å². The summed E-state index contributed by atoms with van der Waals surface area (Å²) in [5, 5.41) is 2.88. The van der Waals surface area contributed by atoms with E-state index in [1.165, 1.54) is 42.3 Å². The highest BCUT2D eigenvalue weighted by molar-refractivity contribution is 14.1. The standard InChI is InChI=1S/C28H33FIN5O5S/c1-5-7-13-33(3)28(38)26-24(31-23-12-11-19(30)15-22(23)29)17-25(37)34(4)27(26)35(18-36)21-10-8-9-20(16-21)32-41(39,40)14-6-2/h8-12,15-18,31-32H,5-7,13-14H2,1-4H3. The molecule has 0 bridgehead atoms. The molecule has 3 aromatic rings. The maximum absolute atomic E-state index is 14.8. The first-order chi connectivity index (χ1) is 19.4. The molecule has 0 fully saturated rings. The van der Waals surface area contributed by atoms with Gasteiger partial charge in [0.25, 0.3) is 11.5 Å². The van der Waals surface area contributed by atoms with Crippen molar-refractivity contribution in [2.75, 3.05) is 34.3 Å². The SMILES string of the molecule is CCCCN(C)C(=O)c1c(Nc2ccc(I)cc2F)cc(=O)n(C)c1N(C=O)c1cccc(NS(=O)(=O)CCC)c1. The van der Waals surface area contributed by atoms with Crippen LogP contribution >= 0.6 is 22.6 Å². The third kappa shape index (κ3) is 7.85. The number of benzene rings is 2. The number of carbonyl (C=O) groups is 2. The Morgan fingerprint density at radius 2 is 1.83 bits per heavy atom. The smallest absolute Gasteiger partial charge is 0.259 e. The molecule has 10 nitrogen and oxygen atoms in total. The van der Waals surface area contributed by atoms with Gasteiger partial charge in [0, 0.05) is 30.3 Å². The molecular weight excluding hydrogens is 664 g/mol. The van der Waals surface area contributed by atoms with Crippen LogP contribution in [0.15, 0.2) is 53.3 Å². The van der Waals surface area contributed by atoms with Gasteiger partial charge in [-0.3, -0.25) is 28.6 Å². The van der Waals surface area contributed by atoms with Gasteiger partial charge in [-0.2, -0.15) is 0 Å². The van der Waals surface area contributed by atoms with Crippen molar-refractivity contribution in [2.45, 2.75) is 33.1 Å². The second-order valence-corrected chi connectivity index (χ2v) is 12.5. The van der Waals surface area contributed by atoms with E-state index in [0.717, 1.165) is 22.3 Å². The summed E-state index contributed by atoms with van der Waals surface area (Å²) >= 11 is 1.97. The summed E-state index contributed by atoms with van der Waals surface area (Å²) in [7, 11) is -0.598. The minimum Gasteiger partial charge on any atom is -0.352 e. The number of aromatic nitrogens is 1. The third-order valence-corrected chi connectivity index (χ3v) is 8.38. The number of hydrogen-bond donors (Lipinski definition) is 2. The summed E-state index contributed by atoms with van der Waals surface area (Å²) in [5.41, 5.74) is -0.130. The highest BCUT2D eigenvalue weighted by Crippen LogP contribution is 2.34. The maximum Gasteiger partial charge on any atom is 0.259 e. The van der Waals surface area contributed by atoms with Crippen molar-refractivity contribution in [3.63, 3.8) is 0 Å². The monoisotopic (exact) mass is 697 g/mol. The van der Waals surface area contributed by atoms with Gasteiger partial charge in [-0.25, -0.2) is 12.8 Å². The normalized spacial score (nSPS) is 11.2. The number of halogens is 2. The highest BCUT2D eigenvalue weighted by Gasteiger charge is 2.28. The second kappa shape index (κ2) is 13.9. The number of nitrogens with one attached hydrogen (secondary N) is 2. The molecule has 2 N–H and O–H groups in total. The molecule has 0 saturated heterocycles. The van der Waals surface area contributed by atoms with Crippen LogP contribution in [0.5, 0.6) is 0 Å². The first-order valence-electron chi connectivity index (χ1n) is 13.0. The molecule has 0 aliphatic heterocycles. The zero-order chi connectivity index (χ0) is 30.3. The average molecular weight is 698 g/mol. The van der Waals surface area contributed by atoms with E-state index in [-0.39, 0.29) is 39.9 Å². The fourth-order valence-corrected chi connectivity index (χ4v) is 5.73. The van der Waals surface area contributed by atoms with Crippen molar-refractivity contribution in [3.05, 3.63) is 73.8 Å². The fraction of sp³-hybridized carbons (Fsp3) is 0.321. The summed E-state index contributed by atoms with van der Waals surface area (Å²) in [6.07, 6.45) is 2.40. The van der Waals surface area contributed by atoms with Gasteiger partial charge < -0.3 is 10.2 Å². The van der Waals surface area contributed by atoms with E-state index in [1.54, 1.807) is 32.2 Å². The van der Waals surface area contributed by atoms with Crippen molar-refractivity contribution in [2.24, 2.45) is 7.05 Å². The average Bonchev–Trinajstić information content (AvgIpc) is 2.91. The molecule has 0 radical (unpaired) electrons. The summed E-state index contributed by atoms with van der Waals surface area (Å²) in [6.45, 7) is 4.13. The number of amides is 2. The predicted molar refractivity (Wildman–Crippen MR) is 168 cm³/mol. The van der Waals surface area contributed by atoms with Gasteiger partial charge in [0.15, 0.2) is 0 Å². The first-order valence-corrected chi connectivity index (χ1v) is 15.7. The lowest BCUT2D eigenvalue weighted by molar-refractivity contribution is -0.106. The van der Waals surface area contributed by atoms with Gasteiger partial charge >= 0.3 is 0 Å². The van der Waals surface area contributed by atoms with E-state index in [1.807, 2.05) is 29.5 Å². The number of sulfonamides is 1. The summed E-state index contributed by atoms with van der Waals surface area (Å²) in [5.74, 6) is -1.24. The Morgan fingerprint density at radius 3 is 2.46 bits per heavy atom. The quantitative estimate of drug-likeness (QED) is 0.188. The second-order valence-electron chi connectivity index (χ2n) is 9.43. The lowest BCUT2D eigenvalue weighted by Crippen LogP contribution is -2.34. The maximum atomic E-state index is 14.8. The van der Waals surface area contributed by atoms with Crippen molar-refractivity contribution >= 4 is 73.5 Å². The molecule has 2 aromatic carbocycles. The van der Waals surface area contributed by atoms with Crippen LogP contribution in [0.1, 0.15) is 43.5 Å². The van der Waals surface area contributed by atoms with Crippen LogP contribution in [0.25, 0.3) is 0 Å². The molecule has 3 rings (SSSR count). The van der Waals surface area contributed by atoms with Gasteiger partial charge in [-0.15, -0.1) is 0 Å². The van der Waals surface area contributed by atoms with Crippen LogP contribution in [-0.2, 0) is 21.9 Å². The highest BCUT2D eigenvalue weighted by atomic mass is 127. The number of pyridine rings is 1. The van der Waals surface area contributed by atoms with Crippen LogP contribution < -0.4 is 20.5 Å². The Kier molecular flexibility index (Phi) is 10.9. The van der Waals surface area contributed by atoms with Gasteiger partial charge in [0.2, 0.25) is 16.4 Å². The van der Waals surface area contributed by atoms with E-state index < -0.39 is 27.3 Å². The van der Waals surface area contributed by atoms with Crippen molar-refractivity contribution < 1.29 is 22.4 Å². The number of carbonyl (C=O) groups excluding carboxylic acids is 2. The van der Waals surface area contributed by atoms with Gasteiger partial charge in [0.1, 0.15) is 17.2 Å². The molecule has 0 unspecified atom stereocenters. The number of rotatable bonds is 13. The minimum atomic E-state index is -3.62. The molecule has 220 valence electrons. The summed E-state index contributed by atoms with van der Waals surface area (Å²) < 4.78 is 43.8. The Hall–Kier alpha value is -3.46. The number of nitrogens with zero attached hydrogens (tertiary/aromatic N) is 3. The Balaban J connectivity index is 2.25. The van der Waals surface area contributed by atoms with Gasteiger partial charge in [0.05, 0.1) is 28.5 Å². The Bertz CT molecular complexity index is 1600. The van der Waals surface area contributed by atoms with E-state index in [4.69, 9.17) is 0 Å². The lowest BCUT2D eigenvalue weighted by Gasteiger charge is -2.28. The molecule has 2 amide bonds. The van der Waals surface area contributed by atoms with Crippen LogP contribution in [0, 0.1) is 9.39 Å². The van der Waals surface area contributed by atoms with Gasteiger partial charge in [-0.05, 0) is 71.8 Å². The molecule has 13 heteroatoms. The topological polar surface area (TPSA) is 121 Å². The zero-order valence-corrected chi connectivity index (χ0v) is 26.3. The van der Waals surface area contributed by atoms with Crippen molar-refractivity contribution in [3.8, 4) is 0 Å². The van der Waals surface area contributed by atoms with Crippen molar-refractivity contribution in [1.82, 2.24) is 9.47 Å². The molecule has 0 atom stereocenters. The van der Waals surface area contributed by atoms with Crippen LogP contribution in [0.4, 0.5) is 33.0 Å². The predicted octanol–water partition coefficient (Wildman–Crippen LogP) is 5.19. The molecule has 0 aliphatic carbocycles. The fourth-order valence-electron chi connectivity index (χ4n) is 4.15. The van der Waals surface area contributed by atoms with E-state index in [2.05, 4.69) is 10.0 Å². The molecular formula is C28H33FIN5O5S. The van der Waals surface area contributed by atoms with Crippen molar-refractivity contribution in [1.29, 1.82) is 0 Å². The number of unbranched alkanes of at least 4 members (excludes halogenated alkanes) is 1. The number of hydrogen-bond acceptors (Lipinski definition) is 6. The minimum absolute atomic E-state index is 0.0169. The van der Waals surface area contributed by atoms with E-state index in [0.29, 0.717) is 22.9 Å². The van der Waals surface area contributed by atoms with Gasteiger partial charge in [-0.1, -0.05) is 26.3 Å². The molecule has 0 aliphatic rings. The Labute approximate surface area is 252 Å². The molecule has 1 aromatic heterocycles. The van der Waals surface area contributed by atoms with Crippen LogP contribution in [0.2, 0.25) is 0 Å². The van der Waals surface area contributed by atoms with Crippen LogP contribution in [-0.4, -0.2) is 49.5 Å². The lowest BCUT2D eigenvalue weighted by atomic mass is 10.1. The van der Waals surface area contributed by atoms with E-state index >= 15 is 0 Å². The molecule has 41 heavy (non-hydrogen) atoms. The Morgan fingerprint density at radius 1 is 1.10 bits per heavy atom. The third-order valence-electron chi connectivity index (χ3n) is 6.22. The van der Waals surface area contributed by atoms with E-state index in [9.17, 15) is 27.2 Å².